The number of benzene rings is 1. The number of carbonyl (C=O) groups is 1. The van der Waals surface area contributed by atoms with Gasteiger partial charge in [0.05, 0.1) is 5.56 Å². The third kappa shape index (κ3) is 4.01. The standard InChI is InChI=1S/C14H15F2N3O2/c1-2-5-9-8-12(19-18-9)17-13(20)10-6-3-4-7-11(10)21-14(15)16/h3-4,6-8,14H,2,5H2,1H3,(H2,17,18,19,20). The van der Waals surface area contributed by atoms with Gasteiger partial charge < -0.3 is 10.1 Å². The lowest BCUT2D eigenvalue weighted by Crippen LogP contribution is -2.15. The Morgan fingerprint density at radius 2 is 2.19 bits per heavy atom. The van der Waals surface area contributed by atoms with Gasteiger partial charge in [0, 0.05) is 11.8 Å². The highest BCUT2D eigenvalue weighted by molar-refractivity contribution is 6.05. The molecule has 2 aromatic rings. The zero-order valence-electron chi connectivity index (χ0n) is 11.4. The Balaban J connectivity index is 2.12. The van der Waals surface area contributed by atoms with E-state index in [0.717, 1.165) is 18.5 Å². The van der Waals surface area contributed by atoms with Crippen LogP contribution in [-0.4, -0.2) is 22.7 Å². The van der Waals surface area contributed by atoms with Gasteiger partial charge in [-0.25, -0.2) is 0 Å². The van der Waals surface area contributed by atoms with Gasteiger partial charge in [-0.3, -0.25) is 9.89 Å². The van der Waals surface area contributed by atoms with Crippen LogP contribution in [0.15, 0.2) is 30.3 Å². The number of carbonyl (C=O) groups excluding carboxylic acids is 1. The molecule has 0 aliphatic carbocycles. The summed E-state index contributed by atoms with van der Waals surface area (Å²) < 4.78 is 28.9. The average Bonchev–Trinajstić information content (AvgIpc) is 2.86. The maximum Gasteiger partial charge on any atom is 0.387 e. The maximum absolute atomic E-state index is 12.3. The fraction of sp³-hybridized carbons (Fsp3) is 0.286. The van der Waals surface area contributed by atoms with Gasteiger partial charge in [0.25, 0.3) is 5.91 Å². The third-order valence-corrected chi connectivity index (χ3v) is 2.74. The van der Waals surface area contributed by atoms with Crippen molar-refractivity contribution in [3.63, 3.8) is 0 Å². The second-order valence-electron chi connectivity index (χ2n) is 4.36. The van der Waals surface area contributed by atoms with E-state index in [1.54, 1.807) is 12.1 Å². The molecule has 0 bridgehead atoms. The molecule has 1 heterocycles. The fourth-order valence-corrected chi connectivity index (χ4v) is 1.86. The number of amides is 1. The fourth-order valence-electron chi connectivity index (χ4n) is 1.86. The summed E-state index contributed by atoms with van der Waals surface area (Å²) in [6, 6.07) is 7.52. The quantitative estimate of drug-likeness (QED) is 0.860. The predicted octanol–water partition coefficient (Wildman–Crippen LogP) is 3.22. The molecule has 5 nitrogen and oxygen atoms in total. The molecule has 0 saturated carbocycles. The topological polar surface area (TPSA) is 67.0 Å². The number of nitrogens with one attached hydrogen (secondary N) is 2. The number of H-pyrrole nitrogens is 1. The molecule has 7 heteroatoms. The molecule has 0 unspecified atom stereocenters. The van der Waals surface area contributed by atoms with Crippen molar-refractivity contribution in [3.8, 4) is 5.75 Å². The summed E-state index contributed by atoms with van der Waals surface area (Å²) >= 11 is 0. The van der Waals surface area contributed by atoms with E-state index in [0.29, 0.717) is 5.82 Å². The molecule has 0 fully saturated rings. The number of alkyl halides is 2. The molecular weight excluding hydrogens is 280 g/mol. The molecule has 0 atom stereocenters. The number of aromatic amines is 1. The van der Waals surface area contributed by atoms with Crippen molar-refractivity contribution >= 4 is 11.7 Å². The minimum atomic E-state index is -2.99. The molecule has 2 rings (SSSR count). The summed E-state index contributed by atoms with van der Waals surface area (Å²) in [6.45, 7) is -0.961. The minimum absolute atomic E-state index is 0.0258. The number of halogens is 2. The Hall–Kier alpha value is -2.44. The Morgan fingerprint density at radius 1 is 1.43 bits per heavy atom. The van der Waals surface area contributed by atoms with Crippen LogP contribution in [0.3, 0.4) is 0 Å². The SMILES string of the molecule is CCCc1cc(NC(=O)c2ccccc2OC(F)F)n[nH]1. The van der Waals surface area contributed by atoms with Gasteiger partial charge in [-0.1, -0.05) is 25.5 Å². The zero-order chi connectivity index (χ0) is 15.2. The van der Waals surface area contributed by atoms with Crippen LogP contribution in [0, 0.1) is 0 Å². The number of para-hydroxylation sites is 1. The highest BCUT2D eigenvalue weighted by Gasteiger charge is 2.16. The highest BCUT2D eigenvalue weighted by Crippen LogP contribution is 2.21. The molecule has 0 aliphatic rings. The lowest BCUT2D eigenvalue weighted by atomic mass is 10.2. The van der Waals surface area contributed by atoms with Gasteiger partial charge in [0.1, 0.15) is 5.75 Å². The number of aromatic nitrogens is 2. The van der Waals surface area contributed by atoms with Gasteiger partial charge in [-0.05, 0) is 18.6 Å². The van der Waals surface area contributed by atoms with Crippen molar-refractivity contribution in [2.24, 2.45) is 0 Å². The lowest BCUT2D eigenvalue weighted by molar-refractivity contribution is -0.0501. The highest BCUT2D eigenvalue weighted by atomic mass is 19.3. The summed E-state index contributed by atoms with van der Waals surface area (Å²) in [7, 11) is 0. The Labute approximate surface area is 120 Å². The Morgan fingerprint density at radius 3 is 2.90 bits per heavy atom. The molecule has 21 heavy (non-hydrogen) atoms. The third-order valence-electron chi connectivity index (χ3n) is 2.74. The van der Waals surface area contributed by atoms with Gasteiger partial charge >= 0.3 is 6.61 Å². The number of rotatable bonds is 6. The van der Waals surface area contributed by atoms with Crippen LogP contribution >= 0.6 is 0 Å². The molecule has 1 aromatic carbocycles. The van der Waals surface area contributed by atoms with Crippen molar-refractivity contribution in [1.82, 2.24) is 10.2 Å². The van der Waals surface area contributed by atoms with E-state index in [4.69, 9.17) is 0 Å². The monoisotopic (exact) mass is 295 g/mol. The van der Waals surface area contributed by atoms with Crippen LogP contribution in [0.1, 0.15) is 29.4 Å². The number of hydrogen-bond acceptors (Lipinski definition) is 3. The first-order chi connectivity index (χ1) is 10.1. The number of nitrogens with zero attached hydrogens (tertiary/aromatic N) is 1. The van der Waals surface area contributed by atoms with Crippen LogP contribution in [0.2, 0.25) is 0 Å². The van der Waals surface area contributed by atoms with Gasteiger partial charge in [0.2, 0.25) is 0 Å². The summed E-state index contributed by atoms with van der Waals surface area (Å²) in [5, 5.41) is 9.28. The number of anilines is 1. The molecule has 0 aliphatic heterocycles. The normalized spacial score (nSPS) is 10.7. The van der Waals surface area contributed by atoms with Crippen LogP contribution in [0.5, 0.6) is 5.75 Å². The summed E-state index contributed by atoms with van der Waals surface area (Å²) in [6.07, 6.45) is 1.76. The summed E-state index contributed by atoms with van der Waals surface area (Å²) in [4.78, 5) is 12.1. The smallest absolute Gasteiger partial charge is 0.387 e. The molecule has 2 N–H and O–H groups in total. The first-order valence-corrected chi connectivity index (χ1v) is 6.49. The number of aryl methyl sites for hydroxylation is 1. The zero-order valence-corrected chi connectivity index (χ0v) is 11.4. The Bertz CT molecular complexity index is 614. The van der Waals surface area contributed by atoms with E-state index in [1.165, 1.54) is 18.2 Å². The van der Waals surface area contributed by atoms with Crippen molar-refractivity contribution < 1.29 is 18.3 Å². The second kappa shape index (κ2) is 6.83. The summed E-state index contributed by atoms with van der Waals surface area (Å²) in [5.41, 5.74) is 0.919. The van der Waals surface area contributed by atoms with E-state index in [2.05, 4.69) is 20.3 Å². The van der Waals surface area contributed by atoms with Crippen molar-refractivity contribution in [2.45, 2.75) is 26.4 Å². The largest absolute Gasteiger partial charge is 0.434 e. The van der Waals surface area contributed by atoms with Crippen molar-refractivity contribution in [2.75, 3.05) is 5.32 Å². The molecular formula is C14H15F2N3O2. The van der Waals surface area contributed by atoms with Crippen molar-refractivity contribution in [1.29, 1.82) is 0 Å². The van der Waals surface area contributed by atoms with Crippen LogP contribution in [-0.2, 0) is 6.42 Å². The van der Waals surface area contributed by atoms with E-state index in [1.807, 2.05) is 6.92 Å². The van der Waals surface area contributed by atoms with Crippen LogP contribution in [0.25, 0.3) is 0 Å². The first-order valence-electron chi connectivity index (χ1n) is 6.49. The van der Waals surface area contributed by atoms with E-state index in [9.17, 15) is 13.6 Å². The molecule has 1 amide bonds. The molecule has 0 radical (unpaired) electrons. The number of ether oxygens (including phenoxy) is 1. The lowest BCUT2D eigenvalue weighted by Gasteiger charge is -2.09. The maximum atomic E-state index is 12.3. The molecule has 112 valence electrons. The molecule has 0 saturated heterocycles. The van der Waals surface area contributed by atoms with E-state index < -0.39 is 12.5 Å². The second-order valence-corrected chi connectivity index (χ2v) is 4.36. The molecule has 0 spiro atoms. The van der Waals surface area contributed by atoms with Crippen LogP contribution < -0.4 is 10.1 Å². The van der Waals surface area contributed by atoms with Crippen LogP contribution in [0.4, 0.5) is 14.6 Å². The van der Waals surface area contributed by atoms with Gasteiger partial charge in [0.15, 0.2) is 5.82 Å². The van der Waals surface area contributed by atoms with E-state index >= 15 is 0 Å². The minimum Gasteiger partial charge on any atom is -0.434 e. The van der Waals surface area contributed by atoms with E-state index in [-0.39, 0.29) is 11.3 Å². The van der Waals surface area contributed by atoms with Gasteiger partial charge in [-0.2, -0.15) is 13.9 Å². The van der Waals surface area contributed by atoms with Gasteiger partial charge in [-0.15, -0.1) is 0 Å². The first kappa shape index (κ1) is 15.0. The summed E-state index contributed by atoms with van der Waals surface area (Å²) in [5.74, 6) is -0.384. The Kier molecular flexibility index (Phi) is 4.86. The number of hydrogen-bond donors (Lipinski definition) is 2. The molecule has 1 aromatic heterocycles. The average molecular weight is 295 g/mol. The predicted molar refractivity (Wildman–Crippen MR) is 73.6 cm³/mol. The van der Waals surface area contributed by atoms with Crippen molar-refractivity contribution in [3.05, 3.63) is 41.6 Å².